The highest BCUT2D eigenvalue weighted by molar-refractivity contribution is 6.16. The van der Waals surface area contributed by atoms with Crippen molar-refractivity contribution in [1.82, 2.24) is 4.90 Å². The van der Waals surface area contributed by atoms with Gasteiger partial charge in [-0.1, -0.05) is 18.7 Å². The van der Waals surface area contributed by atoms with E-state index in [0.29, 0.717) is 41.5 Å². The van der Waals surface area contributed by atoms with E-state index in [1.54, 1.807) is 42.2 Å². The molecule has 6 nitrogen and oxygen atoms in total. The number of hydrogen-bond acceptors (Lipinski definition) is 5. The Balaban J connectivity index is 2.48. The molecule has 0 radical (unpaired) electrons. The van der Waals surface area contributed by atoms with Gasteiger partial charge in [-0.15, -0.1) is 0 Å². The molecular weight excluding hydrogens is 334 g/mol. The van der Waals surface area contributed by atoms with Crippen LogP contribution in [0, 0.1) is 0 Å². The number of hydrogen-bond donors (Lipinski definition) is 0. The van der Waals surface area contributed by atoms with Gasteiger partial charge in [0.2, 0.25) is 0 Å². The number of nitrogens with zero attached hydrogens (tertiary/aromatic N) is 1. The van der Waals surface area contributed by atoms with Crippen LogP contribution in [0.2, 0.25) is 0 Å². The number of amides is 1. The first-order valence-corrected chi connectivity index (χ1v) is 8.23. The summed E-state index contributed by atoms with van der Waals surface area (Å²) >= 11 is 0. The maximum absolute atomic E-state index is 12.7. The summed E-state index contributed by atoms with van der Waals surface area (Å²) in [6.45, 7) is 8.04. The quantitative estimate of drug-likeness (QED) is 0.426. The van der Waals surface area contributed by atoms with Crippen molar-refractivity contribution in [1.29, 1.82) is 0 Å². The van der Waals surface area contributed by atoms with Gasteiger partial charge in [0.25, 0.3) is 5.91 Å². The third kappa shape index (κ3) is 3.64. The second kappa shape index (κ2) is 8.38. The lowest BCUT2D eigenvalue weighted by Gasteiger charge is -2.14. The average Bonchev–Trinajstić information content (AvgIpc) is 2.89. The smallest absolute Gasteiger partial charge is 0.340 e. The molecule has 0 aromatic heterocycles. The van der Waals surface area contributed by atoms with Gasteiger partial charge >= 0.3 is 5.97 Å². The van der Waals surface area contributed by atoms with E-state index in [1.165, 1.54) is 14.2 Å². The standard InChI is InChI=1S/C20H23NO5/c1-6-10-26-16-9-8-14(12-17(16)24-4)11-15-18(20(23)25-5)13(3)21(7-2)19(15)22/h6,8-9,11-12H,1,7,10H2,2-5H3/b15-11-. The van der Waals surface area contributed by atoms with E-state index in [1.807, 2.05) is 6.92 Å². The molecular formula is C20H23NO5. The number of esters is 1. The highest BCUT2D eigenvalue weighted by atomic mass is 16.5. The van der Waals surface area contributed by atoms with Crippen molar-refractivity contribution in [2.24, 2.45) is 0 Å². The van der Waals surface area contributed by atoms with E-state index in [4.69, 9.17) is 14.2 Å². The second-order valence-corrected chi connectivity index (χ2v) is 5.57. The van der Waals surface area contributed by atoms with Gasteiger partial charge in [-0.2, -0.15) is 0 Å². The highest BCUT2D eigenvalue weighted by Crippen LogP contribution is 2.33. The van der Waals surface area contributed by atoms with E-state index in [0.717, 1.165) is 0 Å². The number of methoxy groups -OCH3 is 2. The summed E-state index contributed by atoms with van der Waals surface area (Å²) in [5.41, 5.74) is 1.89. The van der Waals surface area contributed by atoms with Gasteiger partial charge < -0.3 is 19.1 Å². The van der Waals surface area contributed by atoms with E-state index < -0.39 is 5.97 Å². The van der Waals surface area contributed by atoms with E-state index in [2.05, 4.69) is 6.58 Å². The molecule has 0 atom stereocenters. The number of likely N-dealkylation sites (N-methyl/N-ethyl adjacent to an activating group) is 1. The fourth-order valence-electron chi connectivity index (χ4n) is 2.82. The molecule has 138 valence electrons. The third-order valence-electron chi connectivity index (χ3n) is 4.07. The van der Waals surface area contributed by atoms with Crippen LogP contribution in [0.15, 0.2) is 47.7 Å². The molecule has 0 fully saturated rings. The lowest BCUT2D eigenvalue weighted by molar-refractivity contribution is -0.136. The second-order valence-electron chi connectivity index (χ2n) is 5.57. The zero-order chi connectivity index (χ0) is 19.3. The summed E-state index contributed by atoms with van der Waals surface area (Å²) in [5.74, 6) is 0.342. The monoisotopic (exact) mass is 357 g/mol. The molecule has 0 bridgehead atoms. The molecule has 0 aliphatic carbocycles. The molecule has 1 heterocycles. The summed E-state index contributed by atoms with van der Waals surface area (Å²) in [6, 6.07) is 5.29. The van der Waals surface area contributed by atoms with Crippen LogP contribution < -0.4 is 9.47 Å². The molecule has 0 unspecified atom stereocenters. The van der Waals surface area contributed by atoms with Crippen molar-refractivity contribution in [2.45, 2.75) is 13.8 Å². The predicted molar refractivity (Wildman–Crippen MR) is 98.8 cm³/mol. The average molecular weight is 357 g/mol. The Kier molecular flexibility index (Phi) is 6.22. The van der Waals surface area contributed by atoms with Crippen LogP contribution in [0.25, 0.3) is 6.08 Å². The largest absolute Gasteiger partial charge is 0.493 e. The number of allylic oxidation sites excluding steroid dienone is 1. The van der Waals surface area contributed by atoms with Crippen molar-refractivity contribution in [3.05, 3.63) is 53.3 Å². The molecule has 1 aliphatic heterocycles. The van der Waals surface area contributed by atoms with Gasteiger partial charge in [0.15, 0.2) is 11.5 Å². The molecule has 0 spiro atoms. The number of rotatable bonds is 7. The van der Waals surface area contributed by atoms with Crippen LogP contribution in [0.3, 0.4) is 0 Å². The molecule has 26 heavy (non-hydrogen) atoms. The fraction of sp³-hybridized carbons (Fsp3) is 0.300. The van der Waals surface area contributed by atoms with Crippen LogP contribution >= 0.6 is 0 Å². The van der Waals surface area contributed by atoms with E-state index >= 15 is 0 Å². The lowest BCUT2D eigenvalue weighted by Crippen LogP contribution is -2.24. The van der Waals surface area contributed by atoms with E-state index in [9.17, 15) is 9.59 Å². The van der Waals surface area contributed by atoms with Gasteiger partial charge in [0.1, 0.15) is 6.61 Å². The number of carbonyl (C=O) groups excluding carboxylic acids is 2. The molecule has 0 saturated carbocycles. The molecule has 2 rings (SSSR count). The molecule has 0 N–H and O–H groups in total. The Morgan fingerprint density at radius 3 is 2.58 bits per heavy atom. The molecule has 1 aromatic rings. The van der Waals surface area contributed by atoms with Crippen LogP contribution in [0.1, 0.15) is 19.4 Å². The minimum atomic E-state index is -0.532. The van der Waals surface area contributed by atoms with Crippen molar-refractivity contribution in [2.75, 3.05) is 27.4 Å². The molecule has 6 heteroatoms. The summed E-state index contributed by atoms with van der Waals surface area (Å²) in [6.07, 6.45) is 3.30. The maximum Gasteiger partial charge on any atom is 0.340 e. The summed E-state index contributed by atoms with van der Waals surface area (Å²) in [7, 11) is 2.84. The first-order chi connectivity index (χ1) is 12.5. The van der Waals surface area contributed by atoms with Gasteiger partial charge in [-0.05, 0) is 37.6 Å². The first-order valence-electron chi connectivity index (χ1n) is 8.23. The van der Waals surface area contributed by atoms with Gasteiger partial charge in [0.05, 0.1) is 25.4 Å². The normalized spacial score (nSPS) is 15.5. The van der Waals surface area contributed by atoms with Crippen LogP contribution in [-0.2, 0) is 14.3 Å². The Bertz CT molecular complexity index is 791. The SMILES string of the molecule is C=CCOc1ccc(/C=C2\C(=O)N(CC)C(C)=C2C(=O)OC)cc1OC. The summed E-state index contributed by atoms with van der Waals surface area (Å²) in [5, 5.41) is 0. The van der Waals surface area contributed by atoms with Crippen LogP contribution in [-0.4, -0.2) is 44.1 Å². The summed E-state index contributed by atoms with van der Waals surface area (Å²) in [4.78, 5) is 26.4. The van der Waals surface area contributed by atoms with Crippen molar-refractivity contribution >= 4 is 18.0 Å². The number of benzene rings is 1. The molecule has 1 amide bonds. The number of carbonyl (C=O) groups is 2. The topological polar surface area (TPSA) is 65.1 Å². The summed E-state index contributed by atoms with van der Waals surface area (Å²) < 4.78 is 15.7. The Hall–Kier alpha value is -3.02. The maximum atomic E-state index is 12.7. The zero-order valence-electron chi connectivity index (χ0n) is 15.5. The first kappa shape index (κ1) is 19.3. The molecule has 0 saturated heterocycles. The van der Waals surface area contributed by atoms with E-state index in [-0.39, 0.29) is 11.5 Å². The molecule has 1 aromatic carbocycles. The minimum Gasteiger partial charge on any atom is -0.493 e. The zero-order valence-corrected chi connectivity index (χ0v) is 15.5. The minimum absolute atomic E-state index is 0.226. The van der Waals surface area contributed by atoms with Crippen molar-refractivity contribution in [3.8, 4) is 11.5 Å². The highest BCUT2D eigenvalue weighted by Gasteiger charge is 2.36. The van der Waals surface area contributed by atoms with Gasteiger partial charge in [-0.25, -0.2) is 4.79 Å². The number of ether oxygens (including phenoxy) is 3. The van der Waals surface area contributed by atoms with Crippen molar-refractivity contribution < 1.29 is 23.8 Å². The predicted octanol–water partition coefficient (Wildman–Crippen LogP) is 2.95. The Morgan fingerprint density at radius 2 is 2.00 bits per heavy atom. The fourth-order valence-corrected chi connectivity index (χ4v) is 2.82. The Morgan fingerprint density at radius 1 is 1.27 bits per heavy atom. The third-order valence-corrected chi connectivity index (χ3v) is 4.07. The van der Waals surface area contributed by atoms with Crippen molar-refractivity contribution in [3.63, 3.8) is 0 Å². The van der Waals surface area contributed by atoms with Gasteiger partial charge in [0, 0.05) is 12.2 Å². The molecule has 1 aliphatic rings. The van der Waals surface area contributed by atoms with Crippen LogP contribution in [0.4, 0.5) is 0 Å². The van der Waals surface area contributed by atoms with Gasteiger partial charge in [-0.3, -0.25) is 4.79 Å². The van der Waals surface area contributed by atoms with Crippen LogP contribution in [0.5, 0.6) is 11.5 Å². The lowest BCUT2D eigenvalue weighted by atomic mass is 10.0. The Labute approximate surface area is 153 Å².